The van der Waals surface area contributed by atoms with Gasteiger partial charge in [-0.1, -0.05) is 11.6 Å². The van der Waals surface area contributed by atoms with Gasteiger partial charge in [-0.15, -0.1) is 0 Å². The van der Waals surface area contributed by atoms with Crippen molar-refractivity contribution in [1.82, 2.24) is 0 Å². The van der Waals surface area contributed by atoms with Gasteiger partial charge in [-0.3, -0.25) is 0 Å². The van der Waals surface area contributed by atoms with Crippen LogP contribution in [0.1, 0.15) is 11.1 Å². The maximum absolute atomic E-state index is 12.5. The van der Waals surface area contributed by atoms with Crippen LogP contribution in [0.2, 0.25) is 5.02 Å². The van der Waals surface area contributed by atoms with E-state index in [0.717, 1.165) is 6.07 Å². The van der Waals surface area contributed by atoms with Gasteiger partial charge in [-0.2, -0.15) is 13.2 Å². The van der Waals surface area contributed by atoms with E-state index < -0.39 is 11.7 Å². The van der Waals surface area contributed by atoms with Gasteiger partial charge in [0.1, 0.15) is 0 Å². The number of hydrogen-bond acceptors (Lipinski definition) is 2. The molecule has 0 atom stereocenters. The lowest BCUT2D eigenvalue weighted by Crippen LogP contribution is -2.14. The smallest absolute Gasteiger partial charge is 0.398 e. The molecule has 0 heterocycles. The van der Waals surface area contributed by atoms with E-state index in [1.54, 1.807) is 0 Å². The van der Waals surface area contributed by atoms with E-state index in [4.69, 9.17) is 23.1 Å². The lowest BCUT2D eigenvalue weighted by atomic mass is 10.1. The van der Waals surface area contributed by atoms with Crippen molar-refractivity contribution in [3.63, 3.8) is 0 Å². The fourth-order valence-electron chi connectivity index (χ4n) is 1.16. The number of hydrogen-bond donors (Lipinski definition) is 2. The largest absolute Gasteiger partial charge is 0.418 e. The number of benzene rings is 1. The standard InChI is InChI=1S/C8H8ClF3N2/c9-5-1-2-6(14)4(3-13)7(5)8(10,11)12/h1-2H,3,13-14H2. The van der Waals surface area contributed by atoms with E-state index in [1.165, 1.54) is 6.07 Å². The highest BCUT2D eigenvalue weighted by Crippen LogP contribution is 2.38. The Morgan fingerprint density at radius 1 is 1.29 bits per heavy atom. The number of alkyl halides is 3. The summed E-state index contributed by atoms with van der Waals surface area (Å²) in [5, 5.41) is -0.382. The Morgan fingerprint density at radius 2 is 1.86 bits per heavy atom. The van der Waals surface area contributed by atoms with E-state index in [2.05, 4.69) is 0 Å². The van der Waals surface area contributed by atoms with Crippen LogP contribution in [0.5, 0.6) is 0 Å². The molecule has 0 aliphatic rings. The second kappa shape index (κ2) is 3.67. The predicted molar refractivity (Wildman–Crippen MR) is 48.8 cm³/mol. The highest BCUT2D eigenvalue weighted by molar-refractivity contribution is 6.31. The Balaban J connectivity index is 3.46. The van der Waals surface area contributed by atoms with Gasteiger partial charge in [-0.25, -0.2) is 0 Å². The number of halogens is 4. The first-order valence-corrected chi connectivity index (χ1v) is 4.10. The molecule has 0 unspecified atom stereocenters. The summed E-state index contributed by atoms with van der Waals surface area (Å²) in [6.45, 7) is -0.290. The first kappa shape index (κ1) is 11.1. The molecular weight excluding hydrogens is 217 g/mol. The molecule has 78 valence electrons. The SMILES string of the molecule is NCc1c(N)ccc(Cl)c1C(F)(F)F. The van der Waals surface area contributed by atoms with Gasteiger partial charge in [0.25, 0.3) is 0 Å². The molecule has 0 bridgehead atoms. The van der Waals surface area contributed by atoms with Crippen molar-refractivity contribution in [2.24, 2.45) is 5.73 Å². The fraction of sp³-hybridized carbons (Fsp3) is 0.250. The average Bonchev–Trinajstić information content (AvgIpc) is 2.06. The number of nitrogen functional groups attached to an aromatic ring is 1. The molecule has 1 aromatic rings. The van der Waals surface area contributed by atoms with Crippen LogP contribution in [0.3, 0.4) is 0 Å². The molecule has 0 radical (unpaired) electrons. The van der Waals surface area contributed by atoms with Crippen LogP contribution in [0.4, 0.5) is 18.9 Å². The minimum absolute atomic E-state index is 0.00391. The molecule has 0 aromatic heterocycles. The molecule has 1 rings (SSSR count). The van der Waals surface area contributed by atoms with Gasteiger partial charge < -0.3 is 11.5 Å². The molecule has 0 spiro atoms. The minimum Gasteiger partial charge on any atom is -0.398 e. The molecule has 0 aliphatic carbocycles. The lowest BCUT2D eigenvalue weighted by Gasteiger charge is -2.15. The molecule has 0 aliphatic heterocycles. The second-order valence-electron chi connectivity index (χ2n) is 2.69. The molecule has 1 aromatic carbocycles. The van der Waals surface area contributed by atoms with Crippen molar-refractivity contribution in [1.29, 1.82) is 0 Å². The molecule has 6 heteroatoms. The maximum atomic E-state index is 12.5. The highest BCUT2D eigenvalue weighted by atomic mass is 35.5. The second-order valence-corrected chi connectivity index (χ2v) is 3.10. The molecule has 0 fully saturated rings. The van der Waals surface area contributed by atoms with Crippen LogP contribution in [0.25, 0.3) is 0 Å². The Bertz CT molecular complexity index is 349. The van der Waals surface area contributed by atoms with E-state index in [1.807, 2.05) is 0 Å². The van der Waals surface area contributed by atoms with Gasteiger partial charge in [-0.05, 0) is 12.1 Å². The summed E-state index contributed by atoms with van der Waals surface area (Å²) >= 11 is 5.43. The number of anilines is 1. The number of rotatable bonds is 1. The molecule has 14 heavy (non-hydrogen) atoms. The van der Waals surface area contributed by atoms with Crippen LogP contribution in [0.15, 0.2) is 12.1 Å². The van der Waals surface area contributed by atoms with Crippen LogP contribution >= 0.6 is 11.6 Å². The van der Waals surface area contributed by atoms with Crippen molar-refractivity contribution in [2.75, 3.05) is 5.73 Å². The van der Waals surface area contributed by atoms with Gasteiger partial charge >= 0.3 is 6.18 Å². The Labute approximate surface area is 83.6 Å². The molecule has 2 nitrogen and oxygen atoms in total. The highest BCUT2D eigenvalue weighted by Gasteiger charge is 2.36. The van der Waals surface area contributed by atoms with Gasteiger partial charge in [0.15, 0.2) is 0 Å². The zero-order valence-corrected chi connectivity index (χ0v) is 7.78. The van der Waals surface area contributed by atoms with Crippen molar-refractivity contribution in [3.8, 4) is 0 Å². The third-order valence-corrected chi connectivity index (χ3v) is 2.10. The van der Waals surface area contributed by atoms with Crippen LogP contribution in [-0.2, 0) is 12.7 Å². The predicted octanol–water partition coefficient (Wildman–Crippen LogP) is 2.40. The molecule has 4 N–H and O–H groups in total. The van der Waals surface area contributed by atoms with Crippen molar-refractivity contribution < 1.29 is 13.2 Å². The van der Waals surface area contributed by atoms with Crippen molar-refractivity contribution >= 4 is 17.3 Å². The zero-order valence-electron chi connectivity index (χ0n) is 7.03. The average molecular weight is 225 g/mol. The molecule has 0 saturated carbocycles. The summed E-state index contributed by atoms with van der Waals surface area (Å²) in [7, 11) is 0. The Kier molecular flexibility index (Phi) is 2.92. The topological polar surface area (TPSA) is 52.0 Å². The van der Waals surface area contributed by atoms with E-state index in [9.17, 15) is 13.2 Å². The molecule has 0 saturated heterocycles. The summed E-state index contributed by atoms with van der Waals surface area (Å²) in [6, 6.07) is 2.42. The first-order chi connectivity index (χ1) is 6.38. The quantitative estimate of drug-likeness (QED) is 0.720. The summed E-state index contributed by atoms with van der Waals surface area (Å²) < 4.78 is 37.4. The minimum atomic E-state index is -4.53. The molecular formula is C8H8ClF3N2. The van der Waals surface area contributed by atoms with Crippen LogP contribution in [0, 0.1) is 0 Å². The van der Waals surface area contributed by atoms with Crippen LogP contribution in [-0.4, -0.2) is 0 Å². The summed E-state index contributed by atoms with van der Waals surface area (Å²) in [6.07, 6.45) is -4.53. The molecule has 0 amide bonds. The maximum Gasteiger partial charge on any atom is 0.418 e. The monoisotopic (exact) mass is 224 g/mol. The summed E-state index contributed by atoms with van der Waals surface area (Å²) in [5.74, 6) is 0. The third-order valence-electron chi connectivity index (χ3n) is 1.79. The third kappa shape index (κ3) is 1.93. The summed E-state index contributed by atoms with van der Waals surface area (Å²) in [4.78, 5) is 0. The fourth-order valence-corrected chi connectivity index (χ4v) is 1.45. The van der Waals surface area contributed by atoms with Crippen LogP contribution < -0.4 is 11.5 Å². The zero-order chi connectivity index (χ0) is 10.9. The normalized spacial score (nSPS) is 11.8. The van der Waals surface area contributed by atoms with Gasteiger partial charge in [0.05, 0.1) is 10.6 Å². The van der Waals surface area contributed by atoms with Gasteiger partial charge in [0, 0.05) is 17.8 Å². The van der Waals surface area contributed by atoms with E-state index >= 15 is 0 Å². The van der Waals surface area contributed by atoms with E-state index in [0.29, 0.717) is 0 Å². The Morgan fingerprint density at radius 3 is 2.21 bits per heavy atom. The van der Waals surface area contributed by atoms with Gasteiger partial charge in [0.2, 0.25) is 0 Å². The van der Waals surface area contributed by atoms with Crippen molar-refractivity contribution in [2.45, 2.75) is 12.7 Å². The Hall–Kier alpha value is -0.940. The first-order valence-electron chi connectivity index (χ1n) is 3.72. The summed E-state index contributed by atoms with van der Waals surface area (Å²) in [5.41, 5.74) is 9.44. The lowest BCUT2D eigenvalue weighted by molar-refractivity contribution is -0.138. The van der Waals surface area contributed by atoms with E-state index in [-0.39, 0.29) is 22.8 Å². The number of nitrogens with two attached hydrogens (primary N) is 2. The van der Waals surface area contributed by atoms with Crippen molar-refractivity contribution in [3.05, 3.63) is 28.3 Å².